The maximum atomic E-state index is 10.6. The third kappa shape index (κ3) is 20.4. The molecule has 38 heavy (non-hydrogen) atoms. The SMILES string of the molecule is C.C.C.C.C.C.CCC(C)c1ccc(C(=O)O)cc1.CCC(C)c1ccccc1.CC[n+]1ccccc1.[Cl-]. The molecule has 0 radical (unpaired) electrons. The zero-order chi connectivity index (χ0) is 23.1. The molecule has 0 bridgehead atoms. The van der Waals surface area contributed by atoms with E-state index in [0.29, 0.717) is 17.4 Å². The molecule has 3 aromatic rings. The molecule has 0 saturated heterocycles. The quantitative estimate of drug-likeness (QED) is 0.316. The molecule has 1 heterocycles. The number of halogens is 1. The van der Waals surface area contributed by atoms with Crippen LogP contribution >= 0.6 is 0 Å². The molecule has 222 valence electrons. The average molecular weight is 552 g/mol. The molecule has 0 amide bonds. The van der Waals surface area contributed by atoms with Crippen LogP contribution in [0.5, 0.6) is 0 Å². The molecule has 0 aliphatic carbocycles. The number of aromatic nitrogens is 1. The summed E-state index contributed by atoms with van der Waals surface area (Å²) < 4.78 is 2.12. The molecule has 2 unspecified atom stereocenters. The average Bonchev–Trinajstić information content (AvgIpc) is 2.85. The molecule has 0 fully saturated rings. The number of hydrogen-bond acceptors (Lipinski definition) is 1. The summed E-state index contributed by atoms with van der Waals surface area (Å²) in [7, 11) is 0. The molecule has 0 aliphatic heterocycles. The van der Waals surface area contributed by atoms with Gasteiger partial charge in [0.1, 0.15) is 6.54 Å². The van der Waals surface area contributed by atoms with E-state index in [1.807, 2.05) is 30.3 Å². The number of nitrogens with zero attached hydrogens (tertiary/aromatic N) is 1. The monoisotopic (exact) mass is 551 g/mol. The minimum absolute atomic E-state index is 0. The van der Waals surface area contributed by atoms with Crippen molar-refractivity contribution in [3.8, 4) is 0 Å². The third-order valence-electron chi connectivity index (χ3n) is 5.46. The Balaban J connectivity index is -0.0000000709. The van der Waals surface area contributed by atoms with Crippen molar-refractivity contribution in [2.75, 3.05) is 0 Å². The van der Waals surface area contributed by atoms with Crippen LogP contribution in [-0.2, 0) is 6.54 Å². The number of aryl methyl sites for hydroxylation is 1. The van der Waals surface area contributed by atoms with E-state index >= 15 is 0 Å². The molecule has 3 rings (SSSR count). The number of hydrogen-bond donors (Lipinski definition) is 1. The fraction of sp³-hybridized carbons (Fsp3) is 0.471. The standard InChI is InChI=1S/C11H14O2.C10H14.C7H10N.6CH4.ClH/c1-3-8(2)9-4-6-10(7-5-9)11(12)13;1-3-9(2)10-7-5-4-6-8-10;1-2-8-6-4-3-5-7-8;;;;;;;/h4-8H,3H2,1-2H3,(H,12,13);4-9H,3H2,1-2H3;3-7H,2H2,1H3;6*1H4;1H/q;;+1;;;;;;;/p-1. The molecule has 1 N–H and O–H groups in total. The van der Waals surface area contributed by atoms with Crippen LogP contribution < -0.4 is 17.0 Å². The Morgan fingerprint density at radius 3 is 1.34 bits per heavy atom. The molecule has 2 aromatic carbocycles. The largest absolute Gasteiger partial charge is 1.00 e. The van der Waals surface area contributed by atoms with Gasteiger partial charge in [0.25, 0.3) is 0 Å². The van der Waals surface area contributed by atoms with Gasteiger partial charge in [0.05, 0.1) is 5.56 Å². The van der Waals surface area contributed by atoms with Gasteiger partial charge in [-0.3, -0.25) is 0 Å². The molecule has 2 atom stereocenters. The van der Waals surface area contributed by atoms with Crippen LogP contribution in [0.3, 0.4) is 0 Å². The zero-order valence-electron chi connectivity index (χ0n) is 20.0. The lowest BCUT2D eigenvalue weighted by Gasteiger charge is -2.08. The number of rotatable bonds is 6. The lowest BCUT2D eigenvalue weighted by atomic mass is 9.98. The first-order chi connectivity index (χ1) is 14.9. The second-order valence-electron chi connectivity index (χ2n) is 7.66. The Bertz CT molecular complexity index is 853. The highest BCUT2D eigenvalue weighted by Gasteiger charge is 2.05. The summed E-state index contributed by atoms with van der Waals surface area (Å²) in [6.45, 7) is 11.9. The highest BCUT2D eigenvalue weighted by molar-refractivity contribution is 5.87. The first-order valence-electron chi connectivity index (χ1n) is 11.2. The number of carboxylic acid groups (broad SMARTS) is 1. The lowest BCUT2D eigenvalue weighted by molar-refractivity contribution is -0.693. The summed E-state index contributed by atoms with van der Waals surface area (Å²) in [6, 6.07) is 23.8. The number of benzene rings is 2. The third-order valence-corrected chi connectivity index (χ3v) is 5.46. The van der Waals surface area contributed by atoms with Crippen LogP contribution in [0.2, 0.25) is 0 Å². The van der Waals surface area contributed by atoms with Crippen LogP contribution in [0.4, 0.5) is 0 Å². The second-order valence-corrected chi connectivity index (χ2v) is 7.66. The summed E-state index contributed by atoms with van der Waals surface area (Å²) in [6.07, 6.45) is 6.41. The van der Waals surface area contributed by atoms with Gasteiger partial charge in [-0.15, -0.1) is 0 Å². The Morgan fingerprint density at radius 2 is 1.03 bits per heavy atom. The van der Waals surface area contributed by atoms with Gasteiger partial charge in [-0.1, -0.05) is 121 Å². The molecule has 3 nitrogen and oxygen atoms in total. The Labute approximate surface area is 244 Å². The van der Waals surface area contributed by atoms with E-state index in [9.17, 15) is 4.79 Å². The van der Waals surface area contributed by atoms with Crippen molar-refractivity contribution in [1.29, 1.82) is 0 Å². The molecular weight excluding hydrogens is 490 g/mol. The smallest absolute Gasteiger partial charge is 0.335 e. The van der Waals surface area contributed by atoms with E-state index in [1.54, 1.807) is 12.1 Å². The summed E-state index contributed by atoms with van der Waals surface area (Å²) in [5.41, 5.74) is 3.00. The highest BCUT2D eigenvalue weighted by Crippen LogP contribution is 2.18. The van der Waals surface area contributed by atoms with Crippen molar-refractivity contribution in [3.63, 3.8) is 0 Å². The topological polar surface area (TPSA) is 41.2 Å². The minimum Gasteiger partial charge on any atom is -1.00 e. The van der Waals surface area contributed by atoms with Crippen molar-refractivity contribution in [2.45, 2.75) is 110 Å². The van der Waals surface area contributed by atoms with Gasteiger partial charge in [-0.25, -0.2) is 9.36 Å². The maximum absolute atomic E-state index is 10.6. The number of carboxylic acids is 1. The molecule has 0 saturated carbocycles. The molecule has 1 aromatic heterocycles. The molecule has 4 heteroatoms. The Kier molecular flexibility index (Phi) is 41.8. The Hall–Kier alpha value is -2.65. The zero-order valence-corrected chi connectivity index (χ0v) is 20.8. The van der Waals surface area contributed by atoms with Crippen LogP contribution in [0.1, 0.15) is 125 Å². The first kappa shape index (κ1) is 51.9. The van der Waals surface area contributed by atoms with Crippen molar-refractivity contribution in [1.82, 2.24) is 0 Å². The van der Waals surface area contributed by atoms with Crippen molar-refractivity contribution in [2.24, 2.45) is 0 Å². The van der Waals surface area contributed by atoms with Crippen molar-refractivity contribution >= 4 is 5.97 Å². The fourth-order valence-corrected chi connectivity index (χ4v) is 2.85. The van der Waals surface area contributed by atoms with E-state index in [0.717, 1.165) is 13.0 Å². The van der Waals surface area contributed by atoms with E-state index < -0.39 is 5.97 Å². The summed E-state index contributed by atoms with van der Waals surface area (Å²) in [5, 5.41) is 8.67. The molecule has 0 aliphatic rings. The van der Waals surface area contributed by atoms with E-state index in [4.69, 9.17) is 5.11 Å². The van der Waals surface area contributed by atoms with Gasteiger partial charge in [-0.05, 0) is 54.9 Å². The summed E-state index contributed by atoms with van der Waals surface area (Å²) in [5.74, 6) is 0.347. The predicted octanol–water partition coefficient (Wildman–Crippen LogP) is 7.91. The first-order valence-corrected chi connectivity index (χ1v) is 11.2. The highest BCUT2D eigenvalue weighted by atomic mass is 35.5. The van der Waals surface area contributed by atoms with E-state index in [-0.39, 0.29) is 57.0 Å². The van der Waals surface area contributed by atoms with Crippen LogP contribution in [0.25, 0.3) is 0 Å². The number of carbonyl (C=O) groups is 1. The Morgan fingerprint density at radius 1 is 0.658 bits per heavy atom. The minimum atomic E-state index is -0.865. The lowest BCUT2D eigenvalue weighted by Crippen LogP contribution is -3.00. The van der Waals surface area contributed by atoms with Gasteiger partial charge in [0, 0.05) is 12.1 Å². The number of pyridine rings is 1. The number of aromatic carboxylic acids is 1. The van der Waals surface area contributed by atoms with Crippen LogP contribution in [0, 0.1) is 0 Å². The van der Waals surface area contributed by atoms with Crippen LogP contribution in [0.15, 0.2) is 85.2 Å². The molecular formula is C34H62ClNO2. The van der Waals surface area contributed by atoms with Crippen molar-refractivity contribution < 1.29 is 26.9 Å². The summed E-state index contributed by atoms with van der Waals surface area (Å²) >= 11 is 0. The van der Waals surface area contributed by atoms with E-state index in [1.165, 1.54) is 17.5 Å². The maximum Gasteiger partial charge on any atom is 0.335 e. The van der Waals surface area contributed by atoms with Gasteiger partial charge >= 0.3 is 5.97 Å². The summed E-state index contributed by atoms with van der Waals surface area (Å²) in [4.78, 5) is 10.6. The fourth-order valence-electron chi connectivity index (χ4n) is 2.85. The van der Waals surface area contributed by atoms with E-state index in [2.05, 4.69) is 81.9 Å². The second kappa shape index (κ2) is 30.6. The van der Waals surface area contributed by atoms with Gasteiger partial charge in [-0.2, -0.15) is 0 Å². The van der Waals surface area contributed by atoms with Gasteiger partial charge in [0.2, 0.25) is 0 Å². The van der Waals surface area contributed by atoms with Crippen LogP contribution in [-0.4, -0.2) is 11.1 Å². The predicted molar refractivity (Wildman–Crippen MR) is 170 cm³/mol. The van der Waals surface area contributed by atoms with Gasteiger partial charge < -0.3 is 17.5 Å². The normalized spacial score (nSPS) is 9.61. The van der Waals surface area contributed by atoms with Gasteiger partial charge in [0.15, 0.2) is 12.4 Å². The van der Waals surface area contributed by atoms with Crippen molar-refractivity contribution in [3.05, 3.63) is 102 Å². The molecule has 0 spiro atoms.